The summed E-state index contributed by atoms with van der Waals surface area (Å²) in [4.78, 5) is 12.2. The first kappa shape index (κ1) is 14.2. The lowest BCUT2D eigenvalue weighted by Crippen LogP contribution is -2.52. The molecule has 1 aliphatic carbocycles. The van der Waals surface area contributed by atoms with E-state index in [4.69, 9.17) is 5.73 Å². The number of carbonyl (C=O) groups is 1. The van der Waals surface area contributed by atoms with Crippen LogP contribution < -0.4 is 5.73 Å². The highest BCUT2D eigenvalue weighted by molar-refractivity contribution is 5.84. The molecule has 1 rings (SSSR count). The number of alkyl halides is 4. The molecule has 0 radical (unpaired) electrons. The van der Waals surface area contributed by atoms with Crippen molar-refractivity contribution in [3.63, 3.8) is 0 Å². The molecule has 1 amide bonds. The molecule has 0 aromatic heterocycles. The van der Waals surface area contributed by atoms with Gasteiger partial charge in [-0.3, -0.25) is 4.79 Å². The molecule has 1 fully saturated rings. The van der Waals surface area contributed by atoms with Gasteiger partial charge in [0.05, 0.1) is 0 Å². The van der Waals surface area contributed by atoms with Gasteiger partial charge in [-0.1, -0.05) is 12.8 Å². The van der Waals surface area contributed by atoms with Crippen LogP contribution in [0.5, 0.6) is 0 Å². The SMILES string of the molecule is NCCN(C(=O)C(F)(F)C(F)F)C1CCCC1. The summed E-state index contributed by atoms with van der Waals surface area (Å²) in [5.74, 6) is -6.41. The molecule has 3 nitrogen and oxygen atoms in total. The molecule has 0 atom stereocenters. The van der Waals surface area contributed by atoms with Crippen LogP contribution in [0.2, 0.25) is 0 Å². The van der Waals surface area contributed by atoms with E-state index in [9.17, 15) is 22.4 Å². The Labute approximate surface area is 96.9 Å². The van der Waals surface area contributed by atoms with Crippen LogP contribution in [0.3, 0.4) is 0 Å². The minimum absolute atomic E-state index is 0.0123. The van der Waals surface area contributed by atoms with Crippen molar-refractivity contribution < 1.29 is 22.4 Å². The highest BCUT2D eigenvalue weighted by Crippen LogP contribution is 2.30. The predicted molar refractivity (Wildman–Crippen MR) is 54.0 cm³/mol. The van der Waals surface area contributed by atoms with Crippen LogP contribution in [0.1, 0.15) is 25.7 Å². The monoisotopic (exact) mass is 256 g/mol. The van der Waals surface area contributed by atoms with Crippen molar-refractivity contribution in [3.05, 3.63) is 0 Å². The summed E-state index contributed by atoms with van der Waals surface area (Å²) in [6.45, 7) is -0.118. The van der Waals surface area contributed by atoms with Crippen LogP contribution in [0.25, 0.3) is 0 Å². The zero-order valence-corrected chi connectivity index (χ0v) is 9.34. The quantitative estimate of drug-likeness (QED) is 0.760. The molecule has 1 aliphatic rings. The van der Waals surface area contributed by atoms with Crippen LogP contribution in [0.4, 0.5) is 17.6 Å². The van der Waals surface area contributed by atoms with E-state index in [-0.39, 0.29) is 19.1 Å². The topological polar surface area (TPSA) is 46.3 Å². The lowest BCUT2D eigenvalue weighted by molar-refractivity contribution is -0.182. The lowest BCUT2D eigenvalue weighted by Gasteiger charge is -2.31. The standard InChI is InChI=1S/C10H16F4N2O/c11-8(12)10(13,14)9(17)16(6-5-15)7-3-1-2-4-7/h7-8H,1-6,15H2. The van der Waals surface area contributed by atoms with Crippen LogP contribution in [-0.4, -0.2) is 42.3 Å². The highest BCUT2D eigenvalue weighted by atomic mass is 19.3. The number of rotatable bonds is 5. The fourth-order valence-electron chi connectivity index (χ4n) is 2.09. The fourth-order valence-corrected chi connectivity index (χ4v) is 2.09. The predicted octanol–water partition coefficient (Wildman–Crippen LogP) is 1.62. The van der Waals surface area contributed by atoms with Crippen molar-refractivity contribution in [3.8, 4) is 0 Å². The minimum Gasteiger partial charge on any atom is -0.333 e. The van der Waals surface area contributed by atoms with Gasteiger partial charge in [-0.2, -0.15) is 8.78 Å². The Morgan fingerprint density at radius 1 is 1.35 bits per heavy atom. The third kappa shape index (κ3) is 3.08. The van der Waals surface area contributed by atoms with E-state index >= 15 is 0 Å². The van der Waals surface area contributed by atoms with Gasteiger partial charge in [0.15, 0.2) is 0 Å². The number of halogens is 4. The van der Waals surface area contributed by atoms with E-state index in [2.05, 4.69) is 0 Å². The van der Waals surface area contributed by atoms with E-state index in [1.54, 1.807) is 0 Å². The second kappa shape index (κ2) is 5.66. The molecule has 2 N–H and O–H groups in total. The maximum Gasteiger partial charge on any atom is 0.383 e. The largest absolute Gasteiger partial charge is 0.383 e. The zero-order chi connectivity index (χ0) is 13.1. The first-order valence-corrected chi connectivity index (χ1v) is 5.58. The molecule has 0 aromatic rings. The third-order valence-corrected chi connectivity index (χ3v) is 2.96. The fraction of sp³-hybridized carbons (Fsp3) is 0.900. The summed E-state index contributed by atoms with van der Waals surface area (Å²) in [7, 11) is 0. The number of carbonyl (C=O) groups excluding carboxylic acids is 1. The number of amides is 1. The normalized spacial score (nSPS) is 17.8. The summed E-state index contributed by atoms with van der Waals surface area (Å²) in [6.07, 6.45) is -1.19. The van der Waals surface area contributed by atoms with Crippen molar-refractivity contribution in [2.75, 3.05) is 13.1 Å². The van der Waals surface area contributed by atoms with E-state index in [1.165, 1.54) is 0 Å². The Kier molecular flexibility index (Phi) is 4.73. The molecule has 0 spiro atoms. The van der Waals surface area contributed by atoms with Gasteiger partial charge in [0.2, 0.25) is 0 Å². The average Bonchev–Trinajstić information content (AvgIpc) is 2.77. The summed E-state index contributed by atoms with van der Waals surface area (Å²) in [5.41, 5.74) is 5.23. The van der Waals surface area contributed by atoms with Crippen molar-refractivity contribution in [2.45, 2.75) is 44.1 Å². The van der Waals surface area contributed by atoms with Crippen molar-refractivity contribution in [1.82, 2.24) is 4.90 Å². The summed E-state index contributed by atoms with van der Waals surface area (Å²) < 4.78 is 50.2. The van der Waals surface area contributed by atoms with Crippen molar-refractivity contribution in [1.29, 1.82) is 0 Å². The van der Waals surface area contributed by atoms with Gasteiger partial charge in [-0.25, -0.2) is 8.78 Å². The van der Waals surface area contributed by atoms with Gasteiger partial charge >= 0.3 is 12.3 Å². The molecular formula is C10H16F4N2O. The van der Waals surface area contributed by atoms with Gasteiger partial charge in [0, 0.05) is 19.1 Å². The molecule has 0 aliphatic heterocycles. The number of hydrogen-bond donors (Lipinski definition) is 1. The second-order valence-corrected chi connectivity index (χ2v) is 4.15. The Morgan fingerprint density at radius 3 is 2.29 bits per heavy atom. The van der Waals surface area contributed by atoms with Gasteiger partial charge < -0.3 is 10.6 Å². The lowest BCUT2D eigenvalue weighted by atomic mass is 10.1. The first-order valence-electron chi connectivity index (χ1n) is 5.58. The van der Waals surface area contributed by atoms with E-state index in [0.29, 0.717) is 12.8 Å². The first-order chi connectivity index (χ1) is 7.91. The number of nitrogens with two attached hydrogens (primary N) is 1. The highest BCUT2D eigenvalue weighted by Gasteiger charge is 2.52. The summed E-state index contributed by atoms with van der Waals surface area (Å²) >= 11 is 0. The summed E-state index contributed by atoms with van der Waals surface area (Å²) in [5, 5.41) is 0. The van der Waals surface area contributed by atoms with Gasteiger partial charge in [-0.05, 0) is 12.8 Å². The van der Waals surface area contributed by atoms with Gasteiger partial charge in [0.1, 0.15) is 0 Å². The smallest absolute Gasteiger partial charge is 0.333 e. The van der Waals surface area contributed by atoms with Crippen LogP contribution in [0.15, 0.2) is 0 Å². The maximum absolute atomic E-state index is 13.0. The molecule has 0 heterocycles. The maximum atomic E-state index is 13.0. The molecule has 0 unspecified atom stereocenters. The Balaban J connectivity index is 2.79. The third-order valence-electron chi connectivity index (χ3n) is 2.96. The van der Waals surface area contributed by atoms with Gasteiger partial charge in [-0.15, -0.1) is 0 Å². The molecule has 17 heavy (non-hydrogen) atoms. The molecule has 0 aromatic carbocycles. The molecule has 100 valence electrons. The average molecular weight is 256 g/mol. The number of nitrogens with zero attached hydrogens (tertiary/aromatic N) is 1. The molecule has 0 saturated heterocycles. The minimum atomic E-state index is -4.61. The molecule has 7 heteroatoms. The van der Waals surface area contributed by atoms with Crippen molar-refractivity contribution >= 4 is 5.91 Å². The van der Waals surface area contributed by atoms with Crippen LogP contribution >= 0.6 is 0 Å². The molecule has 1 saturated carbocycles. The van der Waals surface area contributed by atoms with Gasteiger partial charge in [0.25, 0.3) is 5.91 Å². The Hall–Kier alpha value is -0.850. The number of hydrogen-bond acceptors (Lipinski definition) is 2. The Morgan fingerprint density at radius 2 is 1.88 bits per heavy atom. The second-order valence-electron chi connectivity index (χ2n) is 4.15. The Bertz CT molecular complexity index is 267. The van der Waals surface area contributed by atoms with Crippen LogP contribution in [0, 0.1) is 0 Å². The van der Waals surface area contributed by atoms with E-state index in [1.807, 2.05) is 0 Å². The van der Waals surface area contributed by atoms with E-state index < -0.39 is 18.3 Å². The zero-order valence-electron chi connectivity index (χ0n) is 9.34. The van der Waals surface area contributed by atoms with Crippen molar-refractivity contribution in [2.24, 2.45) is 5.73 Å². The molecule has 0 bridgehead atoms. The van der Waals surface area contributed by atoms with Crippen LogP contribution in [-0.2, 0) is 4.79 Å². The summed E-state index contributed by atoms with van der Waals surface area (Å²) in [6, 6.07) is -0.379. The molecular weight excluding hydrogens is 240 g/mol. The van der Waals surface area contributed by atoms with E-state index in [0.717, 1.165) is 17.7 Å².